The predicted octanol–water partition coefficient (Wildman–Crippen LogP) is 3.05. The first-order valence-electron chi connectivity index (χ1n) is 6.69. The topological polar surface area (TPSA) is 41.5 Å². The normalized spacial score (nSPS) is 18.8. The van der Waals surface area contributed by atoms with Gasteiger partial charge in [-0.3, -0.25) is 0 Å². The van der Waals surface area contributed by atoms with Crippen LogP contribution in [-0.2, 0) is 0 Å². The second-order valence-corrected chi connectivity index (χ2v) is 5.55. The molecule has 1 fully saturated rings. The second-order valence-electron chi connectivity index (χ2n) is 5.55. The number of anilines is 1. The quantitative estimate of drug-likeness (QED) is 0.814. The smallest absolute Gasteiger partial charge is 0.141 e. The van der Waals surface area contributed by atoms with Crippen molar-refractivity contribution in [1.29, 1.82) is 0 Å². The van der Waals surface area contributed by atoms with Crippen LogP contribution >= 0.6 is 0 Å². The number of methoxy groups -OCH3 is 1. The van der Waals surface area contributed by atoms with Crippen molar-refractivity contribution >= 4 is 5.69 Å². The molecule has 18 heavy (non-hydrogen) atoms. The number of hydrogen-bond donors (Lipinski definition) is 2. The molecule has 1 aliphatic rings. The van der Waals surface area contributed by atoms with Gasteiger partial charge in [0.25, 0.3) is 0 Å². The van der Waals surface area contributed by atoms with Gasteiger partial charge >= 0.3 is 0 Å². The van der Waals surface area contributed by atoms with Gasteiger partial charge in [-0.2, -0.15) is 0 Å². The third kappa shape index (κ3) is 2.96. The van der Waals surface area contributed by atoms with Gasteiger partial charge in [-0.05, 0) is 31.4 Å². The highest BCUT2D eigenvalue weighted by Crippen LogP contribution is 2.36. The Labute approximate surface area is 109 Å². The van der Waals surface area contributed by atoms with Gasteiger partial charge in [-0.1, -0.05) is 31.4 Å². The Balaban J connectivity index is 2.08. The highest BCUT2D eigenvalue weighted by molar-refractivity contribution is 5.57. The third-order valence-electron chi connectivity index (χ3n) is 3.86. The van der Waals surface area contributed by atoms with Crippen LogP contribution in [0.3, 0.4) is 0 Å². The average molecular weight is 249 g/mol. The van der Waals surface area contributed by atoms with Gasteiger partial charge in [0, 0.05) is 0 Å². The number of nitrogens with one attached hydrogen (secondary N) is 1. The lowest BCUT2D eigenvalue weighted by molar-refractivity contribution is 0.167. The molecule has 1 unspecified atom stereocenters. The molecule has 2 N–H and O–H groups in total. The standard InChI is InChI=1S/C15H23NO2/c1-15(11-17,10-12-6-5-7-12)16-13-8-3-4-9-14(13)18-2/h3-4,8-9,12,16-17H,5-7,10-11H2,1-2H3. The van der Waals surface area contributed by atoms with Crippen molar-refractivity contribution in [3.05, 3.63) is 24.3 Å². The van der Waals surface area contributed by atoms with E-state index in [2.05, 4.69) is 12.2 Å². The largest absolute Gasteiger partial charge is 0.495 e. The maximum atomic E-state index is 9.68. The summed E-state index contributed by atoms with van der Waals surface area (Å²) in [5.74, 6) is 1.58. The lowest BCUT2D eigenvalue weighted by Crippen LogP contribution is -2.42. The van der Waals surface area contributed by atoms with Crippen molar-refractivity contribution in [1.82, 2.24) is 0 Å². The monoisotopic (exact) mass is 249 g/mol. The summed E-state index contributed by atoms with van der Waals surface area (Å²) in [4.78, 5) is 0. The van der Waals surface area contributed by atoms with Crippen LogP contribution in [0.1, 0.15) is 32.6 Å². The van der Waals surface area contributed by atoms with Crippen molar-refractivity contribution in [3.8, 4) is 5.75 Å². The summed E-state index contributed by atoms with van der Waals surface area (Å²) >= 11 is 0. The number of benzene rings is 1. The molecular weight excluding hydrogens is 226 g/mol. The van der Waals surface area contributed by atoms with Crippen LogP contribution < -0.4 is 10.1 Å². The minimum atomic E-state index is -0.264. The fourth-order valence-corrected chi connectivity index (χ4v) is 2.56. The molecule has 0 heterocycles. The Bertz CT molecular complexity index is 390. The van der Waals surface area contributed by atoms with E-state index in [4.69, 9.17) is 4.74 Å². The zero-order valence-corrected chi connectivity index (χ0v) is 11.3. The summed E-state index contributed by atoms with van der Waals surface area (Å²) in [5, 5.41) is 13.1. The highest BCUT2D eigenvalue weighted by atomic mass is 16.5. The Morgan fingerprint density at radius 1 is 1.39 bits per heavy atom. The first kappa shape index (κ1) is 13.2. The van der Waals surface area contributed by atoms with Crippen LogP contribution in [-0.4, -0.2) is 24.4 Å². The molecular formula is C15H23NO2. The molecule has 1 aliphatic carbocycles. The van der Waals surface area contributed by atoms with Crippen LogP contribution in [0, 0.1) is 5.92 Å². The summed E-state index contributed by atoms with van der Waals surface area (Å²) < 4.78 is 5.34. The zero-order chi connectivity index (χ0) is 13.0. The number of aliphatic hydroxyl groups is 1. The molecule has 0 bridgehead atoms. The number of para-hydroxylation sites is 2. The fraction of sp³-hybridized carbons (Fsp3) is 0.600. The number of ether oxygens (including phenoxy) is 1. The lowest BCUT2D eigenvalue weighted by atomic mass is 9.76. The number of hydrogen-bond acceptors (Lipinski definition) is 3. The van der Waals surface area contributed by atoms with E-state index in [9.17, 15) is 5.11 Å². The van der Waals surface area contributed by atoms with Crippen LogP contribution in [0.15, 0.2) is 24.3 Å². The van der Waals surface area contributed by atoms with E-state index >= 15 is 0 Å². The number of rotatable bonds is 6. The summed E-state index contributed by atoms with van der Waals surface area (Å²) in [5.41, 5.74) is 0.690. The van der Waals surface area contributed by atoms with Gasteiger partial charge in [0.1, 0.15) is 5.75 Å². The molecule has 1 atom stereocenters. The molecule has 0 saturated heterocycles. The van der Waals surface area contributed by atoms with E-state index in [0.717, 1.165) is 23.8 Å². The molecule has 3 nitrogen and oxygen atoms in total. The molecule has 0 radical (unpaired) electrons. The highest BCUT2D eigenvalue weighted by Gasteiger charge is 2.30. The molecule has 0 amide bonds. The Morgan fingerprint density at radius 2 is 2.11 bits per heavy atom. The molecule has 0 spiro atoms. The Morgan fingerprint density at radius 3 is 2.67 bits per heavy atom. The SMILES string of the molecule is COc1ccccc1NC(C)(CO)CC1CCC1. The maximum absolute atomic E-state index is 9.68. The summed E-state index contributed by atoms with van der Waals surface area (Å²) in [6, 6.07) is 7.86. The molecule has 1 aromatic carbocycles. The van der Waals surface area contributed by atoms with Crippen LogP contribution in [0.25, 0.3) is 0 Å². The predicted molar refractivity (Wildman–Crippen MR) is 74.1 cm³/mol. The molecule has 2 rings (SSSR count). The average Bonchev–Trinajstić information content (AvgIpc) is 2.35. The molecule has 0 aromatic heterocycles. The minimum absolute atomic E-state index is 0.140. The molecule has 100 valence electrons. The van der Waals surface area contributed by atoms with Crippen molar-refractivity contribution < 1.29 is 9.84 Å². The summed E-state index contributed by atoms with van der Waals surface area (Å²) in [6.45, 7) is 2.22. The summed E-state index contributed by atoms with van der Waals surface area (Å²) in [7, 11) is 1.67. The van der Waals surface area contributed by atoms with E-state index in [1.807, 2.05) is 24.3 Å². The van der Waals surface area contributed by atoms with Gasteiger partial charge in [0.05, 0.1) is 24.9 Å². The van der Waals surface area contributed by atoms with Crippen LogP contribution in [0.4, 0.5) is 5.69 Å². The van der Waals surface area contributed by atoms with Crippen molar-refractivity contribution in [2.24, 2.45) is 5.92 Å². The van der Waals surface area contributed by atoms with Crippen molar-refractivity contribution in [2.45, 2.75) is 38.1 Å². The lowest BCUT2D eigenvalue weighted by Gasteiger charge is -2.37. The first-order valence-corrected chi connectivity index (χ1v) is 6.69. The zero-order valence-electron chi connectivity index (χ0n) is 11.3. The van der Waals surface area contributed by atoms with Gasteiger partial charge < -0.3 is 15.2 Å². The maximum Gasteiger partial charge on any atom is 0.141 e. The summed E-state index contributed by atoms with van der Waals surface area (Å²) in [6.07, 6.45) is 4.94. The van der Waals surface area contributed by atoms with Gasteiger partial charge in [-0.25, -0.2) is 0 Å². The van der Waals surface area contributed by atoms with Crippen LogP contribution in [0.2, 0.25) is 0 Å². The van der Waals surface area contributed by atoms with Crippen molar-refractivity contribution in [3.63, 3.8) is 0 Å². The Kier molecular flexibility index (Phi) is 4.12. The molecule has 1 aromatic rings. The first-order chi connectivity index (χ1) is 8.67. The number of aliphatic hydroxyl groups excluding tert-OH is 1. The third-order valence-corrected chi connectivity index (χ3v) is 3.86. The fourth-order valence-electron chi connectivity index (χ4n) is 2.56. The van der Waals surface area contributed by atoms with Crippen LogP contribution in [0.5, 0.6) is 5.75 Å². The van der Waals surface area contributed by atoms with Gasteiger partial charge in [0.2, 0.25) is 0 Å². The van der Waals surface area contributed by atoms with E-state index < -0.39 is 0 Å². The molecule has 1 saturated carbocycles. The van der Waals surface area contributed by atoms with E-state index in [1.54, 1.807) is 7.11 Å². The van der Waals surface area contributed by atoms with Crippen molar-refractivity contribution in [2.75, 3.05) is 19.0 Å². The van der Waals surface area contributed by atoms with E-state index in [0.29, 0.717) is 0 Å². The molecule has 3 heteroatoms. The minimum Gasteiger partial charge on any atom is -0.495 e. The van der Waals surface area contributed by atoms with E-state index in [1.165, 1.54) is 19.3 Å². The van der Waals surface area contributed by atoms with Gasteiger partial charge in [-0.15, -0.1) is 0 Å². The molecule has 0 aliphatic heterocycles. The van der Waals surface area contributed by atoms with E-state index in [-0.39, 0.29) is 12.1 Å². The van der Waals surface area contributed by atoms with Gasteiger partial charge in [0.15, 0.2) is 0 Å². The second kappa shape index (κ2) is 5.61. The Hall–Kier alpha value is -1.22.